The zero-order valence-electron chi connectivity index (χ0n) is 8.33. The van der Waals surface area contributed by atoms with Gasteiger partial charge < -0.3 is 10.1 Å². The fourth-order valence-corrected chi connectivity index (χ4v) is 1.16. The summed E-state index contributed by atoms with van der Waals surface area (Å²) >= 11 is 0. The van der Waals surface area contributed by atoms with E-state index in [1.54, 1.807) is 36.5 Å². The Kier molecular flexibility index (Phi) is 3.08. The zero-order chi connectivity index (χ0) is 11.2. The van der Waals surface area contributed by atoms with Crippen molar-refractivity contribution in [1.29, 1.82) is 0 Å². The van der Waals surface area contributed by atoms with Crippen molar-refractivity contribution in [2.45, 2.75) is 0 Å². The van der Waals surface area contributed by atoms with Crippen LogP contribution in [0.3, 0.4) is 0 Å². The number of rotatable bonds is 4. The second kappa shape index (κ2) is 4.88. The standard InChI is InChI=1S/C11H9N3O2/c15-8-12-9-1-3-10(4-2-9)16-11-5-6-13-14-7-11/h1-8H,(H,12,15). The maximum Gasteiger partial charge on any atom is 0.211 e. The van der Waals surface area contributed by atoms with Gasteiger partial charge in [-0.1, -0.05) is 0 Å². The Hall–Kier alpha value is -2.43. The number of carbonyl (C=O) groups is 1. The normalized spacial score (nSPS) is 9.50. The molecular weight excluding hydrogens is 206 g/mol. The first-order valence-electron chi connectivity index (χ1n) is 4.63. The Labute approximate surface area is 92.1 Å². The van der Waals surface area contributed by atoms with Gasteiger partial charge in [0.15, 0.2) is 0 Å². The Balaban J connectivity index is 2.08. The van der Waals surface area contributed by atoms with Crippen molar-refractivity contribution in [3.05, 3.63) is 42.7 Å². The fourth-order valence-electron chi connectivity index (χ4n) is 1.16. The van der Waals surface area contributed by atoms with Crippen molar-refractivity contribution in [1.82, 2.24) is 10.2 Å². The van der Waals surface area contributed by atoms with Gasteiger partial charge in [-0.25, -0.2) is 0 Å². The maximum absolute atomic E-state index is 10.2. The molecule has 0 spiro atoms. The molecule has 0 fully saturated rings. The van der Waals surface area contributed by atoms with Gasteiger partial charge in [0, 0.05) is 11.8 Å². The number of carbonyl (C=O) groups excluding carboxylic acids is 1. The molecular formula is C11H9N3O2. The van der Waals surface area contributed by atoms with Gasteiger partial charge in [-0.3, -0.25) is 4.79 Å². The van der Waals surface area contributed by atoms with Crippen molar-refractivity contribution >= 4 is 12.1 Å². The number of anilines is 1. The predicted octanol–water partition coefficient (Wildman–Crippen LogP) is 1.84. The minimum Gasteiger partial charge on any atom is -0.456 e. The molecule has 0 radical (unpaired) electrons. The Morgan fingerprint density at radius 2 is 1.88 bits per heavy atom. The highest BCUT2D eigenvalue weighted by Crippen LogP contribution is 2.21. The molecule has 1 aromatic heterocycles. The third-order valence-corrected chi connectivity index (χ3v) is 1.87. The summed E-state index contributed by atoms with van der Waals surface area (Å²) in [6, 6.07) is 8.72. The summed E-state index contributed by atoms with van der Waals surface area (Å²) in [5.41, 5.74) is 0.718. The first kappa shape index (κ1) is 10.1. The predicted molar refractivity (Wildman–Crippen MR) is 58.2 cm³/mol. The second-order valence-corrected chi connectivity index (χ2v) is 2.97. The molecule has 16 heavy (non-hydrogen) atoms. The van der Waals surface area contributed by atoms with E-state index < -0.39 is 0 Å². The lowest BCUT2D eigenvalue weighted by Crippen LogP contribution is -1.93. The van der Waals surface area contributed by atoms with Crippen LogP contribution in [0.25, 0.3) is 0 Å². The molecule has 5 heteroatoms. The molecule has 80 valence electrons. The summed E-state index contributed by atoms with van der Waals surface area (Å²) in [6.07, 6.45) is 3.71. The molecule has 2 aromatic rings. The highest BCUT2D eigenvalue weighted by Gasteiger charge is 1.97. The van der Waals surface area contributed by atoms with Crippen molar-refractivity contribution < 1.29 is 9.53 Å². The Morgan fingerprint density at radius 1 is 1.06 bits per heavy atom. The quantitative estimate of drug-likeness (QED) is 0.790. The molecule has 0 bridgehead atoms. The first-order valence-corrected chi connectivity index (χ1v) is 4.63. The largest absolute Gasteiger partial charge is 0.456 e. The van der Waals surface area contributed by atoms with Crippen molar-refractivity contribution in [3.63, 3.8) is 0 Å². The molecule has 0 atom stereocenters. The average molecular weight is 215 g/mol. The number of hydrogen-bond donors (Lipinski definition) is 1. The Bertz CT molecular complexity index is 456. The van der Waals surface area contributed by atoms with Crippen LogP contribution in [0, 0.1) is 0 Å². The molecule has 0 unspecified atom stereocenters. The van der Waals surface area contributed by atoms with Crippen LogP contribution in [0.2, 0.25) is 0 Å². The summed E-state index contributed by atoms with van der Waals surface area (Å²) < 4.78 is 5.49. The second-order valence-electron chi connectivity index (χ2n) is 2.97. The van der Waals surface area contributed by atoms with Gasteiger partial charge in [0.2, 0.25) is 6.41 Å². The van der Waals surface area contributed by atoms with E-state index in [0.29, 0.717) is 17.9 Å². The molecule has 0 saturated carbocycles. The van der Waals surface area contributed by atoms with Crippen LogP contribution in [0.1, 0.15) is 0 Å². The highest BCUT2D eigenvalue weighted by molar-refractivity contribution is 5.71. The van der Waals surface area contributed by atoms with Gasteiger partial charge in [0.25, 0.3) is 0 Å². The van der Waals surface area contributed by atoms with E-state index in [4.69, 9.17) is 4.74 Å². The molecule has 0 saturated heterocycles. The Morgan fingerprint density at radius 3 is 2.50 bits per heavy atom. The molecule has 1 N–H and O–H groups in total. The first-order chi connectivity index (χ1) is 7.88. The number of amides is 1. The summed E-state index contributed by atoms with van der Waals surface area (Å²) in [5.74, 6) is 1.29. The smallest absolute Gasteiger partial charge is 0.211 e. The lowest BCUT2D eigenvalue weighted by molar-refractivity contribution is -0.105. The van der Waals surface area contributed by atoms with Gasteiger partial charge in [-0.05, 0) is 24.3 Å². The molecule has 1 amide bonds. The zero-order valence-corrected chi connectivity index (χ0v) is 8.33. The lowest BCUT2D eigenvalue weighted by Gasteiger charge is -2.05. The molecule has 2 rings (SSSR count). The molecule has 5 nitrogen and oxygen atoms in total. The number of benzene rings is 1. The van der Waals surface area contributed by atoms with Crippen LogP contribution in [0.15, 0.2) is 42.7 Å². The molecule has 1 heterocycles. The summed E-state index contributed by atoms with van der Waals surface area (Å²) in [5, 5.41) is 9.88. The maximum atomic E-state index is 10.2. The van der Waals surface area contributed by atoms with Crippen LogP contribution in [-0.4, -0.2) is 16.6 Å². The third-order valence-electron chi connectivity index (χ3n) is 1.87. The van der Waals surface area contributed by atoms with Gasteiger partial charge in [-0.15, -0.1) is 0 Å². The van der Waals surface area contributed by atoms with E-state index in [1.807, 2.05) is 0 Å². The van der Waals surface area contributed by atoms with E-state index in [-0.39, 0.29) is 0 Å². The van der Waals surface area contributed by atoms with Crippen LogP contribution < -0.4 is 10.1 Å². The van der Waals surface area contributed by atoms with Gasteiger partial charge >= 0.3 is 0 Å². The van der Waals surface area contributed by atoms with Crippen LogP contribution >= 0.6 is 0 Å². The summed E-state index contributed by atoms with van der Waals surface area (Å²) in [6.45, 7) is 0. The molecule has 1 aromatic carbocycles. The van der Waals surface area contributed by atoms with E-state index in [1.165, 1.54) is 6.20 Å². The van der Waals surface area contributed by atoms with Crippen LogP contribution in [0.4, 0.5) is 5.69 Å². The number of nitrogens with zero attached hydrogens (tertiary/aromatic N) is 2. The number of nitrogens with one attached hydrogen (secondary N) is 1. The third kappa shape index (κ3) is 2.54. The van der Waals surface area contributed by atoms with E-state index in [0.717, 1.165) is 5.69 Å². The number of hydrogen-bond acceptors (Lipinski definition) is 4. The summed E-state index contributed by atoms with van der Waals surface area (Å²) in [4.78, 5) is 10.2. The van der Waals surface area contributed by atoms with Crippen molar-refractivity contribution in [3.8, 4) is 11.5 Å². The average Bonchev–Trinajstić information content (AvgIpc) is 2.33. The number of ether oxygens (including phenoxy) is 1. The van der Waals surface area contributed by atoms with E-state index >= 15 is 0 Å². The minimum absolute atomic E-state index is 0.617. The number of aromatic nitrogens is 2. The van der Waals surface area contributed by atoms with Gasteiger partial charge in [0.05, 0.1) is 12.4 Å². The minimum atomic E-state index is 0.617. The molecule has 0 aliphatic heterocycles. The highest BCUT2D eigenvalue weighted by atomic mass is 16.5. The monoisotopic (exact) mass is 215 g/mol. The van der Waals surface area contributed by atoms with E-state index in [9.17, 15) is 4.79 Å². The van der Waals surface area contributed by atoms with Gasteiger partial charge in [-0.2, -0.15) is 10.2 Å². The van der Waals surface area contributed by atoms with Gasteiger partial charge in [0.1, 0.15) is 11.5 Å². The van der Waals surface area contributed by atoms with Crippen molar-refractivity contribution in [2.75, 3.05) is 5.32 Å². The van der Waals surface area contributed by atoms with Crippen LogP contribution in [0.5, 0.6) is 11.5 Å². The lowest BCUT2D eigenvalue weighted by atomic mass is 10.3. The fraction of sp³-hybridized carbons (Fsp3) is 0. The van der Waals surface area contributed by atoms with Crippen LogP contribution in [-0.2, 0) is 4.79 Å². The SMILES string of the molecule is O=CNc1ccc(Oc2ccnnc2)cc1. The topological polar surface area (TPSA) is 64.1 Å². The van der Waals surface area contributed by atoms with Crippen molar-refractivity contribution in [2.24, 2.45) is 0 Å². The molecule has 0 aliphatic rings. The summed E-state index contributed by atoms with van der Waals surface area (Å²) in [7, 11) is 0. The molecule has 0 aliphatic carbocycles. The van der Waals surface area contributed by atoms with E-state index in [2.05, 4.69) is 15.5 Å².